The van der Waals surface area contributed by atoms with E-state index in [0.717, 1.165) is 0 Å². The SMILES string of the molecule is COc1ccc([C@@H](OC(=O)Nc2ccccc2)[C@@H](C)CC/C=C/C(=O)NO)cc1O. The van der Waals surface area contributed by atoms with Crippen LogP contribution in [0.3, 0.4) is 0 Å². The van der Waals surface area contributed by atoms with Gasteiger partial charge in [-0.15, -0.1) is 0 Å². The van der Waals surface area contributed by atoms with Crippen LogP contribution in [0.2, 0.25) is 0 Å². The van der Waals surface area contributed by atoms with Gasteiger partial charge in [0.05, 0.1) is 7.11 Å². The Balaban J connectivity index is 2.14. The van der Waals surface area contributed by atoms with Gasteiger partial charge in [-0.25, -0.2) is 10.3 Å². The number of hydroxylamine groups is 1. The minimum atomic E-state index is -0.648. The molecule has 2 aromatic rings. The zero-order chi connectivity index (χ0) is 21.9. The summed E-state index contributed by atoms with van der Waals surface area (Å²) >= 11 is 0. The fraction of sp³-hybridized carbons (Fsp3) is 0.273. The number of phenols is 1. The van der Waals surface area contributed by atoms with Gasteiger partial charge in [0.1, 0.15) is 6.10 Å². The lowest BCUT2D eigenvalue weighted by Gasteiger charge is -2.25. The maximum Gasteiger partial charge on any atom is 0.412 e. The molecule has 2 amide bonds. The predicted molar refractivity (Wildman–Crippen MR) is 111 cm³/mol. The average molecular weight is 414 g/mol. The summed E-state index contributed by atoms with van der Waals surface area (Å²) in [6.45, 7) is 1.90. The summed E-state index contributed by atoms with van der Waals surface area (Å²) in [5, 5.41) is 21.3. The van der Waals surface area contributed by atoms with E-state index in [-0.39, 0.29) is 11.7 Å². The number of methoxy groups -OCH3 is 1. The molecular weight excluding hydrogens is 388 g/mol. The van der Waals surface area contributed by atoms with Crippen molar-refractivity contribution < 1.29 is 29.4 Å². The Labute approximate surface area is 175 Å². The molecule has 0 radical (unpaired) electrons. The lowest BCUT2D eigenvalue weighted by Crippen LogP contribution is -2.22. The molecule has 2 rings (SSSR count). The smallest absolute Gasteiger partial charge is 0.412 e. The lowest BCUT2D eigenvalue weighted by molar-refractivity contribution is -0.124. The first-order valence-electron chi connectivity index (χ1n) is 9.44. The summed E-state index contributed by atoms with van der Waals surface area (Å²) in [6, 6.07) is 13.8. The van der Waals surface area contributed by atoms with Gasteiger partial charge in [0, 0.05) is 11.8 Å². The molecule has 4 N–H and O–H groups in total. The molecule has 2 aromatic carbocycles. The molecule has 0 spiro atoms. The van der Waals surface area contributed by atoms with Crippen LogP contribution in [0.4, 0.5) is 10.5 Å². The number of aromatic hydroxyl groups is 1. The largest absolute Gasteiger partial charge is 0.504 e. The molecule has 0 saturated heterocycles. The molecule has 30 heavy (non-hydrogen) atoms. The number of para-hydroxylation sites is 1. The molecular formula is C22H26N2O6. The number of nitrogens with one attached hydrogen (secondary N) is 2. The highest BCUT2D eigenvalue weighted by atomic mass is 16.6. The Morgan fingerprint density at radius 2 is 1.90 bits per heavy atom. The van der Waals surface area contributed by atoms with Gasteiger partial charge in [-0.1, -0.05) is 37.3 Å². The van der Waals surface area contributed by atoms with Gasteiger partial charge in [-0.05, 0) is 48.6 Å². The van der Waals surface area contributed by atoms with Gasteiger partial charge in [0.2, 0.25) is 0 Å². The second kappa shape index (κ2) is 11.5. The highest BCUT2D eigenvalue weighted by Crippen LogP contribution is 2.35. The van der Waals surface area contributed by atoms with Crippen LogP contribution in [0.5, 0.6) is 11.5 Å². The second-order valence-electron chi connectivity index (χ2n) is 6.68. The van der Waals surface area contributed by atoms with Gasteiger partial charge in [-0.2, -0.15) is 0 Å². The standard InChI is InChI=1S/C22H26N2O6/c1-15(8-6-7-11-20(26)24-28)21(16-12-13-19(29-2)18(25)14-16)30-22(27)23-17-9-4-3-5-10-17/h3-5,7,9-15,21,25,28H,6,8H2,1-2H3,(H,23,27)(H,24,26)/b11-7+/t15-,21-/m0/s1. The third-order valence-corrected chi connectivity index (χ3v) is 4.47. The number of phenolic OH excluding ortho intramolecular Hbond substituents is 1. The van der Waals surface area contributed by atoms with Crippen LogP contribution >= 0.6 is 0 Å². The third-order valence-electron chi connectivity index (χ3n) is 4.47. The fourth-order valence-electron chi connectivity index (χ4n) is 2.92. The normalized spacial score (nSPS) is 12.8. The number of rotatable bonds is 9. The second-order valence-corrected chi connectivity index (χ2v) is 6.68. The summed E-state index contributed by atoms with van der Waals surface area (Å²) in [5.41, 5.74) is 2.74. The van der Waals surface area contributed by atoms with E-state index >= 15 is 0 Å². The molecule has 0 heterocycles. The number of carbonyl (C=O) groups is 2. The lowest BCUT2D eigenvalue weighted by atomic mass is 9.92. The molecule has 0 aliphatic heterocycles. The number of hydrogen-bond donors (Lipinski definition) is 4. The van der Waals surface area contributed by atoms with Crippen molar-refractivity contribution in [1.29, 1.82) is 0 Å². The quantitative estimate of drug-likeness (QED) is 0.278. The monoisotopic (exact) mass is 414 g/mol. The summed E-state index contributed by atoms with van der Waals surface area (Å²) in [7, 11) is 1.45. The summed E-state index contributed by atoms with van der Waals surface area (Å²) in [6.07, 6.45) is 2.69. The van der Waals surface area contributed by atoms with Crippen LogP contribution in [0.1, 0.15) is 31.4 Å². The van der Waals surface area contributed by atoms with E-state index in [2.05, 4.69) is 5.32 Å². The zero-order valence-electron chi connectivity index (χ0n) is 16.9. The molecule has 8 nitrogen and oxygen atoms in total. The summed E-state index contributed by atoms with van der Waals surface area (Å²) in [4.78, 5) is 23.5. The molecule has 0 aliphatic rings. The summed E-state index contributed by atoms with van der Waals surface area (Å²) < 4.78 is 10.8. The minimum Gasteiger partial charge on any atom is -0.504 e. The van der Waals surface area contributed by atoms with Crippen LogP contribution < -0.4 is 15.5 Å². The van der Waals surface area contributed by atoms with Crippen molar-refractivity contribution in [3.63, 3.8) is 0 Å². The van der Waals surface area contributed by atoms with Crippen molar-refractivity contribution >= 4 is 17.7 Å². The molecule has 0 aliphatic carbocycles. The van der Waals surface area contributed by atoms with Crippen molar-refractivity contribution in [2.45, 2.75) is 25.9 Å². The molecule has 160 valence electrons. The first kappa shape index (κ1) is 22.8. The Morgan fingerprint density at radius 3 is 2.53 bits per heavy atom. The van der Waals surface area contributed by atoms with Crippen LogP contribution in [0, 0.1) is 5.92 Å². The maximum atomic E-state index is 12.5. The first-order chi connectivity index (χ1) is 14.4. The predicted octanol–water partition coefficient (Wildman–Crippen LogP) is 4.17. The minimum absolute atomic E-state index is 0.0567. The van der Waals surface area contributed by atoms with Crippen molar-refractivity contribution in [3.8, 4) is 11.5 Å². The number of amides is 2. The highest BCUT2D eigenvalue weighted by Gasteiger charge is 2.24. The zero-order valence-corrected chi connectivity index (χ0v) is 16.9. The maximum absolute atomic E-state index is 12.5. The van der Waals surface area contributed by atoms with Gasteiger partial charge in [-0.3, -0.25) is 15.3 Å². The van der Waals surface area contributed by atoms with Crippen molar-refractivity contribution in [1.82, 2.24) is 5.48 Å². The Bertz CT molecular complexity index is 869. The van der Waals surface area contributed by atoms with E-state index in [9.17, 15) is 14.7 Å². The average Bonchev–Trinajstić information content (AvgIpc) is 2.75. The Hall–Kier alpha value is -3.52. The number of carbonyl (C=O) groups excluding carboxylic acids is 2. The Morgan fingerprint density at radius 1 is 1.17 bits per heavy atom. The number of allylic oxidation sites excluding steroid dienone is 1. The number of benzene rings is 2. The van der Waals surface area contributed by atoms with Crippen molar-refractivity contribution in [3.05, 3.63) is 66.2 Å². The van der Waals surface area contributed by atoms with Crippen LogP contribution in [-0.4, -0.2) is 29.4 Å². The topological polar surface area (TPSA) is 117 Å². The molecule has 0 unspecified atom stereocenters. The molecule has 2 atom stereocenters. The van der Waals surface area contributed by atoms with E-state index in [4.69, 9.17) is 14.7 Å². The number of hydrogen-bond acceptors (Lipinski definition) is 6. The van der Waals surface area contributed by atoms with E-state index in [1.54, 1.807) is 42.5 Å². The van der Waals surface area contributed by atoms with Crippen LogP contribution in [0.25, 0.3) is 0 Å². The molecule has 8 heteroatoms. The van der Waals surface area contributed by atoms with Crippen molar-refractivity contribution in [2.24, 2.45) is 5.92 Å². The van der Waals surface area contributed by atoms with E-state index in [1.165, 1.54) is 24.7 Å². The van der Waals surface area contributed by atoms with E-state index in [1.807, 2.05) is 13.0 Å². The molecule has 0 aromatic heterocycles. The van der Waals surface area contributed by atoms with Crippen molar-refractivity contribution in [2.75, 3.05) is 12.4 Å². The Kier molecular flexibility index (Phi) is 8.71. The number of ether oxygens (including phenoxy) is 2. The fourth-order valence-corrected chi connectivity index (χ4v) is 2.92. The number of anilines is 1. The highest BCUT2D eigenvalue weighted by molar-refractivity contribution is 5.86. The molecule has 0 fully saturated rings. The first-order valence-corrected chi connectivity index (χ1v) is 9.44. The molecule has 0 saturated carbocycles. The van der Waals surface area contributed by atoms with E-state index in [0.29, 0.717) is 29.8 Å². The van der Waals surface area contributed by atoms with Gasteiger partial charge in [0.15, 0.2) is 11.5 Å². The molecule has 0 bridgehead atoms. The van der Waals surface area contributed by atoms with Gasteiger partial charge in [0.25, 0.3) is 5.91 Å². The summed E-state index contributed by atoms with van der Waals surface area (Å²) in [5.74, 6) is -0.491. The third kappa shape index (κ3) is 6.82. The van der Waals surface area contributed by atoms with Crippen LogP contribution in [0.15, 0.2) is 60.7 Å². The van der Waals surface area contributed by atoms with Crippen LogP contribution in [-0.2, 0) is 9.53 Å². The van der Waals surface area contributed by atoms with Gasteiger partial charge < -0.3 is 14.6 Å². The van der Waals surface area contributed by atoms with Gasteiger partial charge >= 0.3 is 6.09 Å². The van der Waals surface area contributed by atoms with E-state index < -0.39 is 18.1 Å².